The minimum absolute atomic E-state index is 0.245. The molecule has 0 spiro atoms. The fourth-order valence-electron chi connectivity index (χ4n) is 2.11. The normalized spacial score (nSPS) is 17.6. The lowest BCUT2D eigenvalue weighted by molar-refractivity contribution is -0.115. The van der Waals surface area contributed by atoms with Gasteiger partial charge in [-0.25, -0.2) is 4.39 Å². The Balaban J connectivity index is 0.000000771. The van der Waals surface area contributed by atoms with E-state index in [1.807, 2.05) is 19.9 Å². The van der Waals surface area contributed by atoms with Crippen LogP contribution in [0.1, 0.15) is 37.8 Å². The first-order valence-corrected chi connectivity index (χ1v) is 6.49. The Hall–Kier alpha value is -1.22. The van der Waals surface area contributed by atoms with Gasteiger partial charge in [-0.3, -0.25) is 0 Å². The average molecular weight is 252 g/mol. The molecule has 0 aliphatic carbocycles. The summed E-state index contributed by atoms with van der Waals surface area (Å²) in [6.45, 7) is 6.85. The maximum Gasteiger partial charge on any atom is 0.130 e. The van der Waals surface area contributed by atoms with Gasteiger partial charge >= 0.3 is 0 Å². The molecule has 0 saturated carbocycles. The highest BCUT2D eigenvalue weighted by atomic mass is 19.1. The molecule has 1 aromatic rings. The number of hydrogen-bond donors (Lipinski definition) is 0. The molecule has 1 saturated heterocycles. The van der Waals surface area contributed by atoms with Gasteiger partial charge in [0.2, 0.25) is 0 Å². The van der Waals surface area contributed by atoms with Crippen molar-refractivity contribution in [2.24, 2.45) is 0 Å². The zero-order valence-electron chi connectivity index (χ0n) is 11.3. The Morgan fingerprint density at radius 3 is 2.39 bits per heavy atom. The van der Waals surface area contributed by atoms with Crippen LogP contribution in [0.4, 0.5) is 4.39 Å². The first-order chi connectivity index (χ1) is 8.68. The number of carbonyl (C=O) groups excluding carboxylic acids is 1. The molecular weight excluding hydrogens is 231 g/mol. The summed E-state index contributed by atoms with van der Waals surface area (Å²) in [4.78, 5) is 11.3. The smallest absolute Gasteiger partial charge is 0.130 e. The van der Waals surface area contributed by atoms with Crippen LogP contribution in [0, 0.1) is 12.7 Å². The van der Waals surface area contributed by atoms with Gasteiger partial charge in [0.05, 0.1) is 5.41 Å². The molecule has 1 aliphatic rings. The van der Waals surface area contributed by atoms with Crippen LogP contribution < -0.4 is 0 Å². The van der Waals surface area contributed by atoms with Crippen LogP contribution in [0.25, 0.3) is 0 Å². The number of carbonyl (C=O) groups is 1. The number of halogens is 1. The van der Waals surface area contributed by atoms with Crippen LogP contribution in [-0.2, 0) is 14.9 Å². The van der Waals surface area contributed by atoms with E-state index >= 15 is 0 Å². The summed E-state index contributed by atoms with van der Waals surface area (Å²) in [6, 6.07) is 5.05. The van der Waals surface area contributed by atoms with Gasteiger partial charge in [0.15, 0.2) is 0 Å². The molecule has 0 unspecified atom stereocenters. The predicted molar refractivity (Wildman–Crippen MR) is 70.3 cm³/mol. The van der Waals surface area contributed by atoms with E-state index in [1.54, 1.807) is 13.0 Å². The van der Waals surface area contributed by atoms with Gasteiger partial charge < -0.3 is 9.53 Å². The summed E-state index contributed by atoms with van der Waals surface area (Å²) in [7, 11) is 0. The maximum atomic E-state index is 13.5. The molecule has 0 aromatic heterocycles. The summed E-state index contributed by atoms with van der Waals surface area (Å²) in [5, 5.41) is 0. The van der Waals surface area contributed by atoms with Gasteiger partial charge in [-0.2, -0.15) is 0 Å². The summed E-state index contributed by atoms with van der Waals surface area (Å²) in [5.41, 5.74) is 0.832. The molecule has 100 valence electrons. The van der Waals surface area contributed by atoms with Crippen LogP contribution in [0.2, 0.25) is 0 Å². The lowest BCUT2D eigenvalue weighted by Gasteiger charge is -2.32. The van der Waals surface area contributed by atoms with E-state index in [0.29, 0.717) is 31.6 Å². The first kappa shape index (κ1) is 14.8. The zero-order chi connectivity index (χ0) is 13.6. The van der Waals surface area contributed by atoms with E-state index in [9.17, 15) is 9.18 Å². The van der Waals surface area contributed by atoms with Gasteiger partial charge in [-0.1, -0.05) is 26.0 Å². The molecule has 2 nitrogen and oxygen atoms in total. The van der Waals surface area contributed by atoms with Crippen molar-refractivity contribution in [3.8, 4) is 0 Å². The monoisotopic (exact) mass is 252 g/mol. The molecule has 1 aromatic carbocycles. The fourth-order valence-corrected chi connectivity index (χ4v) is 2.11. The van der Waals surface area contributed by atoms with E-state index in [0.717, 1.165) is 11.8 Å². The van der Waals surface area contributed by atoms with Gasteiger partial charge in [-0.05, 0) is 37.0 Å². The number of ether oxygens (including phenoxy) is 1. The quantitative estimate of drug-likeness (QED) is 0.754. The highest BCUT2D eigenvalue weighted by molar-refractivity contribution is 5.69. The number of rotatable bonds is 2. The fraction of sp³-hybridized carbons (Fsp3) is 0.533. The minimum atomic E-state index is -0.549. The Bertz CT molecular complexity index is 395. The Morgan fingerprint density at radius 1 is 1.28 bits per heavy atom. The lowest BCUT2D eigenvalue weighted by Crippen LogP contribution is -2.35. The van der Waals surface area contributed by atoms with E-state index in [4.69, 9.17) is 4.74 Å². The molecule has 0 amide bonds. The van der Waals surface area contributed by atoms with Crippen LogP contribution in [0.15, 0.2) is 18.2 Å². The van der Waals surface area contributed by atoms with Crippen molar-refractivity contribution in [1.82, 2.24) is 0 Å². The van der Waals surface area contributed by atoms with Crippen molar-refractivity contribution >= 4 is 6.29 Å². The first-order valence-electron chi connectivity index (χ1n) is 6.49. The molecule has 0 bridgehead atoms. The van der Waals surface area contributed by atoms with Crippen molar-refractivity contribution in [2.45, 2.75) is 39.0 Å². The van der Waals surface area contributed by atoms with Gasteiger partial charge in [0.25, 0.3) is 0 Å². The van der Waals surface area contributed by atoms with Crippen molar-refractivity contribution in [1.29, 1.82) is 0 Å². The Morgan fingerprint density at radius 2 is 1.89 bits per heavy atom. The molecule has 3 heteroatoms. The third-order valence-electron chi connectivity index (χ3n) is 3.36. The van der Waals surface area contributed by atoms with Crippen LogP contribution in [0.5, 0.6) is 0 Å². The summed E-state index contributed by atoms with van der Waals surface area (Å²) >= 11 is 0. The van der Waals surface area contributed by atoms with Crippen molar-refractivity contribution in [2.75, 3.05) is 13.2 Å². The van der Waals surface area contributed by atoms with Gasteiger partial charge in [0, 0.05) is 13.2 Å². The van der Waals surface area contributed by atoms with Gasteiger partial charge in [0.1, 0.15) is 12.1 Å². The Labute approximate surface area is 108 Å². The molecule has 1 heterocycles. The number of hydrogen-bond acceptors (Lipinski definition) is 2. The third kappa shape index (κ3) is 2.96. The molecule has 0 N–H and O–H groups in total. The number of benzene rings is 1. The molecule has 1 aliphatic heterocycles. The maximum absolute atomic E-state index is 13.5. The highest BCUT2D eigenvalue weighted by Crippen LogP contribution is 2.33. The zero-order valence-corrected chi connectivity index (χ0v) is 11.3. The summed E-state index contributed by atoms with van der Waals surface area (Å²) in [6.07, 6.45) is 2.22. The Kier molecular flexibility index (Phi) is 5.48. The van der Waals surface area contributed by atoms with E-state index in [2.05, 4.69) is 0 Å². The average Bonchev–Trinajstić information content (AvgIpc) is 2.45. The highest BCUT2D eigenvalue weighted by Gasteiger charge is 2.34. The SMILES string of the molecule is CC.Cc1ccc(C2(C=O)CCOCC2)cc1F. The minimum Gasteiger partial charge on any atom is -0.381 e. The van der Waals surface area contributed by atoms with Crippen molar-refractivity contribution in [3.05, 3.63) is 35.1 Å². The molecule has 2 rings (SSSR count). The molecular formula is C15H21FO2. The standard InChI is InChI=1S/C13H15FO2.C2H6/c1-10-2-3-11(8-12(10)14)13(9-15)4-6-16-7-5-13;1-2/h2-3,8-9H,4-7H2,1H3;1-2H3. The molecule has 0 atom stereocenters. The summed E-state index contributed by atoms with van der Waals surface area (Å²) in [5.74, 6) is -0.245. The van der Waals surface area contributed by atoms with Crippen molar-refractivity contribution in [3.63, 3.8) is 0 Å². The second-order valence-electron chi connectivity index (χ2n) is 4.35. The van der Waals surface area contributed by atoms with Crippen LogP contribution >= 0.6 is 0 Å². The lowest BCUT2D eigenvalue weighted by atomic mass is 9.75. The van der Waals surface area contributed by atoms with Crippen LogP contribution in [-0.4, -0.2) is 19.5 Å². The van der Waals surface area contributed by atoms with E-state index in [-0.39, 0.29) is 5.82 Å². The number of aryl methyl sites for hydroxylation is 1. The van der Waals surface area contributed by atoms with E-state index in [1.165, 1.54) is 6.07 Å². The second kappa shape index (κ2) is 6.64. The second-order valence-corrected chi connectivity index (χ2v) is 4.35. The predicted octanol–water partition coefficient (Wildman–Crippen LogP) is 3.41. The molecule has 0 radical (unpaired) electrons. The largest absolute Gasteiger partial charge is 0.381 e. The topological polar surface area (TPSA) is 26.3 Å². The van der Waals surface area contributed by atoms with E-state index < -0.39 is 5.41 Å². The number of aldehydes is 1. The van der Waals surface area contributed by atoms with Crippen LogP contribution in [0.3, 0.4) is 0 Å². The van der Waals surface area contributed by atoms with Crippen molar-refractivity contribution < 1.29 is 13.9 Å². The molecule has 18 heavy (non-hydrogen) atoms. The third-order valence-corrected chi connectivity index (χ3v) is 3.36. The summed E-state index contributed by atoms with van der Waals surface area (Å²) < 4.78 is 18.7. The van der Waals surface area contributed by atoms with Gasteiger partial charge in [-0.15, -0.1) is 0 Å². The molecule has 1 fully saturated rings.